The minimum Gasteiger partial charge on any atom is -0.454 e. The van der Waals surface area contributed by atoms with E-state index >= 15 is 0 Å². The Morgan fingerprint density at radius 3 is 2.70 bits per heavy atom. The highest BCUT2D eigenvalue weighted by Crippen LogP contribution is 2.41. The lowest BCUT2D eigenvalue weighted by Gasteiger charge is -2.34. The predicted molar refractivity (Wildman–Crippen MR) is 77.7 cm³/mol. The van der Waals surface area contributed by atoms with Crippen molar-refractivity contribution < 1.29 is 9.47 Å². The van der Waals surface area contributed by atoms with Crippen LogP contribution in [0.5, 0.6) is 11.5 Å². The summed E-state index contributed by atoms with van der Waals surface area (Å²) >= 11 is 3.60. The zero-order valence-corrected chi connectivity index (χ0v) is 12.6. The first-order valence-electron chi connectivity index (χ1n) is 6.70. The van der Waals surface area contributed by atoms with Gasteiger partial charge in [-0.2, -0.15) is 5.26 Å². The highest BCUT2D eigenvalue weighted by Gasteiger charge is 2.26. The molecule has 0 saturated carbocycles. The second kappa shape index (κ2) is 6.00. The molecule has 0 amide bonds. The molecule has 1 aromatic rings. The van der Waals surface area contributed by atoms with Crippen molar-refractivity contribution in [2.75, 3.05) is 33.0 Å². The second-order valence-corrected chi connectivity index (χ2v) is 5.75. The molecule has 20 heavy (non-hydrogen) atoms. The monoisotopic (exact) mass is 337 g/mol. The van der Waals surface area contributed by atoms with E-state index in [1.54, 1.807) is 0 Å². The predicted octanol–water partition coefficient (Wildman–Crippen LogP) is 2.04. The van der Waals surface area contributed by atoms with Gasteiger partial charge in [0.2, 0.25) is 6.79 Å². The van der Waals surface area contributed by atoms with E-state index in [1.165, 1.54) is 0 Å². The normalized spacial score (nSPS) is 19.6. The molecule has 3 rings (SSSR count). The lowest BCUT2D eigenvalue weighted by atomic mass is 10.0. The van der Waals surface area contributed by atoms with E-state index in [4.69, 9.17) is 14.7 Å². The van der Waals surface area contributed by atoms with Crippen LogP contribution in [0.4, 0.5) is 0 Å². The van der Waals surface area contributed by atoms with Gasteiger partial charge in [-0.15, -0.1) is 0 Å². The van der Waals surface area contributed by atoms with Gasteiger partial charge in [-0.05, 0) is 17.7 Å². The van der Waals surface area contributed by atoms with Gasteiger partial charge in [-0.25, -0.2) is 0 Å². The molecule has 2 heterocycles. The van der Waals surface area contributed by atoms with Crippen molar-refractivity contribution in [1.29, 1.82) is 5.26 Å². The molecule has 0 bridgehead atoms. The average molecular weight is 338 g/mol. The Morgan fingerprint density at radius 1 is 1.30 bits per heavy atom. The summed E-state index contributed by atoms with van der Waals surface area (Å²) in [6.07, 6.45) is 0.470. The number of fused-ring (bicyclic) bond motifs is 1. The minimum atomic E-state index is 0.0889. The maximum atomic E-state index is 9.15. The number of hydrogen-bond donors (Lipinski definition) is 1. The van der Waals surface area contributed by atoms with E-state index in [9.17, 15) is 0 Å². The van der Waals surface area contributed by atoms with E-state index in [1.807, 2.05) is 12.1 Å². The molecule has 0 radical (unpaired) electrons. The molecule has 2 aliphatic rings. The molecule has 6 heteroatoms. The summed E-state index contributed by atoms with van der Waals surface area (Å²) in [5.74, 6) is 1.53. The second-order valence-electron chi connectivity index (χ2n) is 4.89. The summed E-state index contributed by atoms with van der Waals surface area (Å²) < 4.78 is 11.8. The van der Waals surface area contributed by atoms with Crippen LogP contribution >= 0.6 is 15.9 Å². The maximum Gasteiger partial charge on any atom is 0.231 e. The topological polar surface area (TPSA) is 57.5 Å². The number of ether oxygens (including phenoxy) is 2. The first-order chi connectivity index (χ1) is 9.79. The molecule has 0 aromatic heterocycles. The Bertz CT molecular complexity index is 538. The van der Waals surface area contributed by atoms with Gasteiger partial charge in [0.15, 0.2) is 11.5 Å². The number of hydrogen-bond acceptors (Lipinski definition) is 5. The van der Waals surface area contributed by atoms with E-state index < -0.39 is 0 Å². The molecule has 0 unspecified atom stereocenters. The van der Waals surface area contributed by atoms with Crippen molar-refractivity contribution in [1.82, 2.24) is 10.2 Å². The summed E-state index contributed by atoms with van der Waals surface area (Å²) in [7, 11) is 0. The Kier molecular flexibility index (Phi) is 4.10. The fraction of sp³-hybridized carbons (Fsp3) is 0.500. The highest BCUT2D eigenvalue weighted by molar-refractivity contribution is 9.10. The molecule has 1 aromatic carbocycles. The number of halogens is 1. The van der Waals surface area contributed by atoms with Gasteiger partial charge in [0.25, 0.3) is 0 Å². The van der Waals surface area contributed by atoms with E-state index in [-0.39, 0.29) is 12.8 Å². The molecule has 0 aliphatic carbocycles. The number of nitrogens with one attached hydrogen (secondary N) is 1. The van der Waals surface area contributed by atoms with E-state index in [0.29, 0.717) is 6.42 Å². The smallest absolute Gasteiger partial charge is 0.231 e. The lowest BCUT2D eigenvalue weighted by molar-refractivity contribution is 0.171. The van der Waals surface area contributed by atoms with Crippen molar-refractivity contribution in [2.24, 2.45) is 0 Å². The molecule has 1 atom stereocenters. The number of rotatable bonds is 3. The highest BCUT2D eigenvalue weighted by atomic mass is 79.9. The molecule has 0 spiro atoms. The Hall–Kier alpha value is -1.29. The van der Waals surface area contributed by atoms with Crippen LogP contribution in [0.15, 0.2) is 16.6 Å². The van der Waals surface area contributed by atoms with Crippen LogP contribution in [-0.4, -0.2) is 37.9 Å². The van der Waals surface area contributed by atoms with Crippen LogP contribution in [-0.2, 0) is 0 Å². The van der Waals surface area contributed by atoms with E-state index in [0.717, 1.165) is 47.7 Å². The van der Waals surface area contributed by atoms with Crippen molar-refractivity contribution >= 4 is 15.9 Å². The van der Waals surface area contributed by atoms with E-state index in [2.05, 4.69) is 32.2 Å². The molecule has 106 valence electrons. The maximum absolute atomic E-state index is 9.15. The Labute approximate surface area is 126 Å². The lowest BCUT2D eigenvalue weighted by Crippen LogP contribution is -2.45. The van der Waals surface area contributed by atoms with Crippen LogP contribution in [0.3, 0.4) is 0 Å². The molecule has 1 fully saturated rings. The van der Waals surface area contributed by atoms with Gasteiger partial charge in [0, 0.05) is 36.7 Å². The third kappa shape index (κ3) is 2.62. The quantitative estimate of drug-likeness (QED) is 0.914. The van der Waals surface area contributed by atoms with Gasteiger partial charge in [0.1, 0.15) is 0 Å². The first kappa shape index (κ1) is 13.7. The number of benzene rings is 1. The van der Waals surface area contributed by atoms with Crippen molar-refractivity contribution in [3.8, 4) is 17.6 Å². The zero-order chi connectivity index (χ0) is 13.9. The van der Waals surface area contributed by atoms with Gasteiger partial charge in [-0.3, -0.25) is 4.90 Å². The van der Waals surface area contributed by atoms with Crippen molar-refractivity contribution in [3.63, 3.8) is 0 Å². The number of nitriles is 1. The van der Waals surface area contributed by atoms with Crippen LogP contribution in [0.2, 0.25) is 0 Å². The SMILES string of the molecule is N#CC[C@@H](c1cc2c(cc1Br)OCO2)N1CCNCC1. The third-order valence-electron chi connectivity index (χ3n) is 3.73. The fourth-order valence-corrected chi connectivity index (χ4v) is 3.29. The summed E-state index contributed by atoms with van der Waals surface area (Å²) in [5, 5.41) is 12.5. The summed E-state index contributed by atoms with van der Waals surface area (Å²) in [6.45, 7) is 4.09. The average Bonchev–Trinajstić information content (AvgIpc) is 2.92. The van der Waals surface area contributed by atoms with Crippen molar-refractivity contribution in [2.45, 2.75) is 12.5 Å². The van der Waals surface area contributed by atoms with Gasteiger partial charge < -0.3 is 14.8 Å². The Morgan fingerprint density at radius 2 is 2.00 bits per heavy atom. The van der Waals surface area contributed by atoms with Crippen molar-refractivity contribution in [3.05, 3.63) is 22.2 Å². The van der Waals surface area contributed by atoms with Gasteiger partial charge in [0.05, 0.1) is 12.5 Å². The van der Waals surface area contributed by atoms with Gasteiger partial charge >= 0.3 is 0 Å². The minimum absolute atomic E-state index is 0.0889. The molecular weight excluding hydrogens is 322 g/mol. The number of piperazine rings is 1. The van der Waals surface area contributed by atoms with Gasteiger partial charge in [-0.1, -0.05) is 15.9 Å². The zero-order valence-electron chi connectivity index (χ0n) is 11.1. The molecule has 5 nitrogen and oxygen atoms in total. The Balaban J connectivity index is 1.92. The summed E-state index contributed by atoms with van der Waals surface area (Å²) in [4.78, 5) is 2.35. The molecule has 1 N–H and O–H groups in total. The number of nitrogens with zero attached hydrogens (tertiary/aromatic N) is 2. The standard InChI is InChI=1S/C14H16BrN3O2/c15-11-8-14-13(19-9-20-14)7-10(11)12(1-2-16)18-5-3-17-4-6-18/h7-8,12,17H,1,3-6,9H2/t12-/m0/s1. The molecule has 2 aliphatic heterocycles. The largest absolute Gasteiger partial charge is 0.454 e. The van der Waals surface area contributed by atoms with Crippen LogP contribution in [0, 0.1) is 11.3 Å². The summed E-state index contributed by atoms with van der Waals surface area (Å²) in [5.41, 5.74) is 1.10. The summed E-state index contributed by atoms with van der Waals surface area (Å²) in [6, 6.07) is 6.32. The fourth-order valence-electron chi connectivity index (χ4n) is 2.70. The van der Waals surface area contributed by atoms with Crippen LogP contribution < -0.4 is 14.8 Å². The van der Waals surface area contributed by atoms with Crippen LogP contribution in [0.25, 0.3) is 0 Å². The molecular formula is C14H16BrN3O2. The third-order valence-corrected chi connectivity index (χ3v) is 4.41. The van der Waals surface area contributed by atoms with Crippen LogP contribution in [0.1, 0.15) is 18.0 Å². The molecule has 1 saturated heterocycles. The first-order valence-corrected chi connectivity index (χ1v) is 7.49.